The predicted molar refractivity (Wildman–Crippen MR) is 134 cm³/mol. The van der Waals surface area contributed by atoms with Crippen LogP contribution < -0.4 is 9.05 Å². The molecule has 8 nitrogen and oxygen atoms in total. The first-order valence-electron chi connectivity index (χ1n) is 11.1. The number of carbonyl (C=O) groups is 2. The summed E-state index contributed by atoms with van der Waals surface area (Å²) < 4.78 is 32.6. The van der Waals surface area contributed by atoms with Crippen molar-refractivity contribution in [1.29, 1.82) is 0 Å². The molecule has 0 aliphatic heterocycles. The van der Waals surface area contributed by atoms with Gasteiger partial charge in [-0.3, -0.25) is 4.89 Å². The Morgan fingerprint density at radius 2 is 1.06 bits per heavy atom. The number of rotatable bonds is 12. The molecule has 1 N–H and O–H groups in total. The molecule has 2 aromatic carbocycles. The lowest BCUT2D eigenvalue weighted by Gasteiger charge is -2.14. The molecule has 2 rings (SSSR count). The third-order valence-corrected chi connectivity index (χ3v) is 5.12. The number of carbonyl (C=O) groups excluding carboxylic acids is 2. The minimum Gasteiger partial charge on any atom is -0.462 e. The Hall–Kier alpha value is -3.35. The first kappa shape index (κ1) is 29.7. The molecule has 0 aliphatic carbocycles. The van der Waals surface area contributed by atoms with Gasteiger partial charge >= 0.3 is 19.8 Å². The van der Waals surface area contributed by atoms with Crippen LogP contribution in [0.25, 0.3) is 0 Å². The molecule has 0 aromatic heterocycles. The lowest BCUT2D eigenvalue weighted by atomic mass is 10.1. The van der Waals surface area contributed by atoms with Crippen LogP contribution in [0.15, 0.2) is 72.8 Å². The summed E-state index contributed by atoms with van der Waals surface area (Å²) in [5, 5.41) is 0. The summed E-state index contributed by atoms with van der Waals surface area (Å²) in [5.74, 6) is -0.598. The fourth-order valence-electron chi connectivity index (χ4n) is 2.49. The van der Waals surface area contributed by atoms with Gasteiger partial charge in [0.2, 0.25) is 0 Å². The molecule has 9 heteroatoms. The normalized spacial score (nSPS) is 10.3. The van der Waals surface area contributed by atoms with Crippen LogP contribution in [0.1, 0.15) is 38.8 Å². The van der Waals surface area contributed by atoms with Crippen LogP contribution in [0.3, 0.4) is 0 Å². The minimum absolute atomic E-state index is 0.152. The Balaban J connectivity index is 0.00000298. The Morgan fingerprint density at radius 3 is 1.34 bits per heavy atom. The lowest BCUT2D eigenvalue weighted by Crippen LogP contribution is -2.08. The van der Waals surface area contributed by atoms with Crippen LogP contribution in [0, 0.1) is 0 Å². The van der Waals surface area contributed by atoms with Gasteiger partial charge in [-0.25, -0.2) is 14.2 Å². The summed E-state index contributed by atoms with van der Waals surface area (Å²) >= 11 is 0. The van der Waals surface area contributed by atoms with Gasteiger partial charge in [0.05, 0.1) is 13.2 Å². The van der Waals surface area contributed by atoms with Gasteiger partial charge < -0.3 is 18.5 Å². The van der Waals surface area contributed by atoms with Crippen molar-refractivity contribution in [2.24, 2.45) is 0 Å². The second kappa shape index (κ2) is 14.8. The molecular formula is C26H33O8P. The predicted octanol–water partition coefficient (Wildman–Crippen LogP) is 5.59. The summed E-state index contributed by atoms with van der Waals surface area (Å²) in [4.78, 5) is 32.8. The zero-order valence-corrected chi connectivity index (χ0v) is 21.5. The highest BCUT2D eigenvalue weighted by atomic mass is 31.2. The van der Waals surface area contributed by atoms with Crippen LogP contribution in [0.2, 0.25) is 0 Å². The fraction of sp³-hybridized carbons (Fsp3) is 0.308. The first-order chi connectivity index (χ1) is 16.6. The summed E-state index contributed by atoms with van der Waals surface area (Å²) in [6.07, 6.45) is 0.955. The van der Waals surface area contributed by atoms with E-state index in [1.165, 1.54) is 24.3 Å². The Bertz CT molecular complexity index is 961. The topological polar surface area (TPSA) is 108 Å². The van der Waals surface area contributed by atoms with Crippen LogP contribution in [0.4, 0.5) is 0 Å². The molecule has 0 heterocycles. The SMILES string of the molecule is C=C(C)C(=O)OCCc1ccc(OP(=O)(O)Oc2ccc(CCOC(=O)C(=C)C)cc2)cc1.CC. The van der Waals surface area contributed by atoms with Crippen LogP contribution >= 0.6 is 7.82 Å². The maximum atomic E-state index is 12.3. The average molecular weight is 505 g/mol. The van der Waals surface area contributed by atoms with Crippen molar-refractivity contribution in [1.82, 2.24) is 0 Å². The van der Waals surface area contributed by atoms with E-state index in [0.717, 1.165) is 11.1 Å². The third-order valence-electron chi connectivity index (χ3n) is 4.23. The zero-order valence-electron chi connectivity index (χ0n) is 20.6. The van der Waals surface area contributed by atoms with Crippen LogP contribution in [-0.2, 0) is 36.5 Å². The third kappa shape index (κ3) is 11.6. The number of hydrogen-bond donors (Lipinski definition) is 1. The molecule has 190 valence electrons. The second-order valence-electron chi connectivity index (χ2n) is 7.27. The van der Waals surface area contributed by atoms with E-state index in [0.29, 0.717) is 24.0 Å². The lowest BCUT2D eigenvalue weighted by molar-refractivity contribution is -0.139. The van der Waals surface area contributed by atoms with Crippen molar-refractivity contribution in [2.75, 3.05) is 13.2 Å². The quantitative estimate of drug-likeness (QED) is 0.226. The summed E-state index contributed by atoms with van der Waals surface area (Å²) in [6.45, 7) is 14.6. The maximum absolute atomic E-state index is 12.3. The number of esters is 2. The van der Waals surface area contributed by atoms with E-state index >= 15 is 0 Å². The molecule has 0 fully saturated rings. The second-order valence-corrected chi connectivity index (χ2v) is 8.57. The van der Waals surface area contributed by atoms with Crippen molar-refractivity contribution in [3.05, 3.63) is 84.0 Å². The number of ether oxygens (including phenoxy) is 2. The van der Waals surface area contributed by atoms with Crippen molar-refractivity contribution in [2.45, 2.75) is 40.5 Å². The van der Waals surface area contributed by atoms with Crippen molar-refractivity contribution >= 4 is 19.8 Å². The van der Waals surface area contributed by atoms with Crippen molar-refractivity contribution in [3.8, 4) is 11.5 Å². The molecule has 35 heavy (non-hydrogen) atoms. The average Bonchev–Trinajstić information content (AvgIpc) is 2.82. The first-order valence-corrected chi connectivity index (χ1v) is 12.6. The molecule has 0 unspecified atom stereocenters. The number of hydrogen-bond acceptors (Lipinski definition) is 7. The molecule has 0 amide bonds. The van der Waals surface area contributed by atoms with Gasteiger partial charge in [-0.15, -0.1) is 0 Å². The van der Waals surface area contributed by atoms with Crippen LogP contribution in [0.5, 0.6) is 11.5 Å². The molecule has 0 aliphatic rings. The van der Waals surface area contributed by atoms with Gasteiger partial charge in [0, 0.05) is 24.0 Å². The molecule has 0 atom stereocenters. The highest BCUT2D eigenvalue weighted by molar-refractivity contribution is 7.48. The minimum atomic E-state index is -4.42. The maximum Gasteiger partial charge on any atom is 0.584 e. The van der Waals surface area contributed by atoms with E-state index < -0.39 is 19.8 Å². The Kier molecular flexibility index (Phi) is 12.6. The summed E-state index contributed by atoms with van der Waals surface area (Å²) in [5.41, 5.74) is 2.37. The standard InChI is InChI=1S/C24H27O8P.C2H6/c1-17(2)23(25)29-15-13-19-5-9-21(10-6-19)31-33(27,28)32-22-11-7-20(8-12-22)14-16-30-24(26)18(3)4;1-2/h5-12H,1,3,13-16H2,2,4H3,(H,27,28);1-2H3. The van der Waals surface area contributed by atoms with Gasteiger partial charge in [-0.1, -0.05) is 51.3 Å². The monoisotopic (exact) mass is 504 g/mol. The van der Waals surface area contributed by atoms with E-state index in [1.807, 2.05) is 13.8 Å². The summed E-state index contributed by atoms with van der Waals surface area (Å²) in [7, 11) is -4.42. The van der Waals surface area contributed by atoms with Gasteiger partial charge in [-0.2, -0.15) is 0 Å². The van der Waals surface area contributed by atoms with Crippen molar-refractivity contribution < 1.29 is 37.6 Å². The van der Waals surface area contributed by atoms with Crippen molar-refractivity contribution in [3.63, 3.8) is 0 Å². The molecule has 0 radical (unpaired) electrons. The number of benzene rings is 2. The largest absolute Gasteiger partial charge is 0.584 e. The summed E-state index contributed by atoms with van der Waals surface area (Å²) in [6, 6.07) is 12.9. The fourth-order valence-corrected chi connectivity index (χ4v) is 3.30. The van der Waals surface area contributed by atoms with Gasteiger partial charge in [-0.05, 0) is 49.2 Å². The van der Waals surface area contributed by atoms with Gasteiger partial charge in [0.15, 0.2) is 0 Å². The van der Waals surface area contributed by atoms with Gasteiger partial charge in [0.25, 0.3) is 0 Å². The molecule has 0 saturated heterocycles. The molecule has 0 spiro atoms. The molecule has 0 saturated carbocycles. The molecule has 0 bridgehead atoms. The van der Waals surface area contributed by atoms with E-state index in [1.54, 1.807) is 38.1 Å². The van der Waals surface area contributed by atoms with E-state index in [9.17, 15) is 19.0 Å². The highest BCUT2D eigenvalue weighted by Gasteiger charge is 2.25. The van der Waals surface area contributed by atoms with Gasteiger partial charge in [0.1, 0.15) is 11.5 Å². The highest BCUT2D eigenvalue weighted by Crippen LogP contribution is 2.44. The van der Waals surface area contributed by atoms with Crippen LogP contribution in [-0.4, -0.2) is 30.0 Å². The van der Waals surface area contributed by atoms with E-state index in [2.05, 4.69) is 13.2 Å². The Labute approximate surface area is 206 Å². The van der Waals surface area contributed by atoms with E-state index in [4.69, 9.17) is 18.5 Å². The molecule has 2 aromatic rings. The van der Waals surface area contributed by atoms with E-state index in [-0.39, 0.29) is 24.7 Å². The Morgan fingerprint density at radius 1 is 0.743 bits per heavy atom. The smallest absolute Gasteiger partial charge is 0.462 e. The zero-order chi connectivity index (χ0) is 26.4. The molecular weight excluding hydrogens is 471 g/mol. The number of phosphoric ester groups is 1. The number of phosphoric acid groups is 1.